The lowest BCUT2D eigenvalue weighted by molar-refractivity contribution is 0.0564. The number of nitrogens with zero attached hydrogens (tertiary/aromatic N) is 4. The summed E-state index contributed by atoms with van der Waals surface area (Å²) in [6.45, 7) is 5.28. The largest absolute Gasteiger partial charge is 0.384 e. The number of carbonyl (C=O) groups is 1. The molecular weight excluding hydrogens is 462 g/mol. The molecule has 2 N–H and O–H groups in total. The van der Waals surface area contributed by atoms with Gasteiger partial charge in [-0.05, 0) is 43.7 Å². The third-order valence-corrected chi connectivity index (χ3v) is 6.30. The first-order valence-electron chi connectivity index (χ1n) is 10.3. The Labute approximate surface area is 200 Å². The summed E-state index contributed by atoms with van der Waals surface area (Å²) in [6.07, 6.45) is 0. The summed E-state index contributed by atoms with van der Waals surface area (Å²) in [5, 5.41) is 23.3. The van der Waals surface area contributed by atoms with Crippen LogP contribution in [0.3, 0.4) is 0 Å². The van der Waals surface area contributed by atoms with Crippen molar-refractivity contribution in [3.05, 3.63) is 52.8 Å². The number of hydrogen-bond acceptors (Lipinski definition) is 7. The van der Waals surface area contributed by atoms with Crippen LogP contribution < -0.4 is 5.32 Å². The maximum Gasteiger partial charge on any atom is 0.323 e. The van der Waals surface area contributed by atoms with Crippen LogP contribution in [0.25, 0.3) is 21.7 Å². The highest BCUT2D eigenvalue weighted by Crippen LogP contribution is 2.41. The Morgan fingerprint density at radius 1 is 1.24 bits per heavy atom. The quantitative estimate of drug-likeness (QED) is 0.529. The van der Waals surface area contributed by atoms with Gasteiger partial charge in [-0.2, -0.15) is 5.26 Å². The molecule has 1 aliphatic rings. The minimum Gasteiger partial charge on any atom is -0.384 e. The third-order valence-electron chi connectivity index (χ3n) is 5.09. The fraction of sp³-hybridized carbons (Fsp3) is 0.304. The van der Waals surface area contributed by atoms with Crippen molar-refractivity contribution in [3.8, 4) is 27.8 Å². The molecule has 8 nitrogen and oxygen atoms in total. The maximum atomic E-state index is 12.7. The number of thiazole rings is 1. The van der Waals surface area contributed by atoms with Crippen LogP contribution >= 0.6 is 22.9 Å². The molecule has 0 aliphatic carbocycles. The van der Waals surface area contributed by atoms with Crippen molar-refractivity contribution < 1.29 is 14.6 Å². The molecule has 2 amide bonds. The zero-order valence-corrected chi connectivity index (χ0v) is 19.7. The van der Waals surface area contributed by atoms with Crippen molar-refractivity contribution in [2.45, 2.75) is 19.4 Å². The number of rotatable bonds is 4. The molecule has 0 bridgehead atoms. The highest BCUT2D eigenvalue weighted by Gasteiger charge is 2.24. The minimum atomic E-state index is -1.20. The van der Waals surface area contributed by atoms with E-state index in [2.05, 4.69) is 21.4 Å². The molecule has 0 spiro atoms. The number of pyridine rings is 1. The minimum absolute atomic E-state index is 0.230. The van der Waals surface area contributed by atoms with Crippen LogP contribution in [0.4, 0.5) is 9.93 Å². The highest BCUT2D eigenvalue weighted by atomic mass is 35.5. The van der Waals surface area contributed by atoms with E-state index in [1.807, 2.05) is 6.07 Å². The number of carbonyl (C=O) groups excluding carboxylic acids is 1. The predicted molar refractivity (Wildman–Crippen MR) is 127 cm³/mol. The topological polar surface area (TPSA) is 111 Å². The molecule has 0 saturated carbocycles. The highest BCUT2D eigenvalue weighted by molar-refractivity contribution is 7.19. The zero-order valence-electron chi connectivity index (χ0n) is 18.1. The molecule has 0 radical (unpaired) electrons. The molecule has 170 valence electrons. The second-order valence-electron chi connectivity index (χ2n) is 8.04. The Hall–Kier alpha value is -3.03. The summed E-state index contributed by atoms with van der Waals surface area (Å²) in [5.74, 6) is 0. The van der Waals surface area contributed by atoms with Crippen molar-refractivity contribution in [3.63, 3.8) is 0 Å². The zero-order chi connectivity index (χ0) is 23.6. The van der Waals surface area contributed by atoms with Gasteiger partial charge >= 0.3 is 6.03 Å². The van der Waals surface area contributed by atoms with Gasteiger partial charge in [0.25, 0.3) is 0 Å². The van der Waals surface area contributed by atoms with E-state index in [-0.39, 0.29) is 11.2 Å². The number of aromatic nitrogens is 2. The van der Waals surface area contributed by atoms with Gasteiger partial charge in [-0.3, -0.25) is 5.32 Å². The van der Waals surface area contributed by atoms with E-state index < -0.39 is 5.60 Å². The summed E-state index contributed by atoms with van der Waals surface area (Å²) in [4.78, 5) is 24.1. The number of nitriles is 1. The van der Waals surface area contributed by atoms with Crippen LogP contribution in [0.2, 0.25) is 5.15 Å². The number of anilines is 1. The number of aliphatic hydroxyl groups is 1. The van der Waals surface area contributed by atoms with Gasteiger partial charge in [0, 0.05) is 18.7 Å². The van der Waals surface area contributed by atoms with Crippen LogP contribution in [0.5, 0.6) is 0 Å². The molecule has 2 aromatic heterocycles. The number of benzene rings is 1. The molecule has 3 aromatic rings. The van der Waals surface area contributed by atoms with Gasteiger partial charge in [0.15, 0.2) is 5.13 Å². The normalized spacial score (nSPS) is 14.1. The summed E-state index contributed by atoms with van der Waals surface area (Å²) < 4.78 is 5.31. The number of nitrogens with one attached hydrogen (secondary N) is 1. The smallest absolute Gasteiger partial charge is 0.323 e. The molecule has 0 atom stereocenters. The lowest BCUT2D eigenvalue weighted by atomic mass is 10.0. The lowest BCUT2D eigenvalue weighted by Crippen LogP contribution is -2.43. The summed E-state index contributed by atoms with van der Waals surface area (Å²) >= 11 is 7.56. The Bertz CT molecular complexity index is 1230. The SMILES string of the molecule is CC(C)(O)c1cc(-c2sc(NC(=O)N3CCOCC3)nc2-c2cccc(C#N)c2)cc(Cl)n1. The second kappa shape index (κ2) is 9.45. The molecule has 1 aliphatic heterocycles. The average Bonchev–Trinajstić information content (AvgIpc) is 3.22. The number of halogens is 1. The van der Waals surface area contributed by atoms with E-state index in [1.165, 1.54) is 11.3 Å². The lowest BCUT2D eigenvalue weighted by Gasteiger charge is -2.26. The van der Waals surface area contributed by atoms with Gasteiger partial charge in [0.2, 0.25) is 0 Å². The van der Waals surface area contributed by atoms with Gasteiger partial charge in [0.05, 0.1) is 41.1 Å². The third kappa shape index (κ3) is 5.31. The molecule has 10 heteroatoms. The van der Waals surface area contributed by atoms with Crippen LogP contribution in [-0.4, -0.2) is 52.3 Å². The first kappa shape index (κ1) is 23.1. The van der Waals surface area contributed by atoms with Crippen LogP contribution in [0.15, 0.2) is 36.4 Å². The molecule has 1 saturated heterocycles. The first-order chi connectivity index (χ1) is 15.7. The van der Waals surface area contributed by atoms with E-state index in [0.717, 1.165) is 10.4 Å². The number of ether oxygens (including phenoxy) is 1. The molecule has 3 heterocycles. The fourth-order valence-electron chi connectivity index (χ4n) is 3.38. The summed E-state index contributed by atoms with van der Waals surface area (Å²) in [7, 11) is 0. The number of urea groups is 1. The van der Waals surface area contributed by atoms with E-state index in [1.54, 1.807) is 49.1 Å². The maximum absolute atomic E-state index is 12.7. The van der Waals surface area contributed by atoms with Crippen LogP contribution in [0.1, 0.15) is 25.1 Å². The van der Waals surface area contributed by atoms with E-state index in [0.29, 0.717) is 53.9 Å². The number of morpholine rings is 1. The Balaban J connectivity index is 1.79. The van der Waals surface area contributed by atoms with Gasteiger partial charge < -0.3 is 14.7 Å². The van der Waals surface area contributed by atoms with Crippen molar-refractivity contribution in [1.29, 1.82) is 5.26 Å². The standard InChI is InChI=1S/C23H22ClN5O3S/c1-23(2,31)17-11-16(12-18(24)26-17)20-19(15-5-3-4-14(10-15)13-25)27-21(33-20)28-22(30)29-6-8-32-9-7-29/h3-5,10-12,31H,6-9H2,1-2H3,(H,27,28,30). The average molecular weight is 484 g/mol. The Morgan fingerprint density at radius 2 is 2.00 bits per heavy atom. The Kier molecular flexibility index (Phi) is 6.63. The fourth-order valence-corrected chi connectivity index (χ4v) is 4.55. The van der Waals surface area contributed by atoms with E-state index >= 15 is 0 Å². The number of hydrogen-bond donors (Lipinski definition) is 2. The van der Waals surface area contributed by atoms with E-state index in [4.69, 9.17) is 16.3 Å². The molecule has 33 heavy (non-hydrogen) atoms. The van der Waals surface area contributed by atoms with Crippen LogP contribution in [-0.2, 0) is 10.3 Å². The number of amides is 2. The van der Waals surface area contributed by atoms with Gasteiger partial charge in [-0.15, -0.1) is 0 Å². The van der Waals surface area contributed by atoms with Crippen molar-refractivity contribution in [1.82, 2.24) is 14.9 Å². The Morgan fingerprint density at radius 3 is 2.70 bits per heavy atom. The van der Waals surface area contributed by atoms with Crippen molar-refractivity contribution >= 4 is 34.1 Å². The van der Waals surface area contributed by atoms with Gasteiger partial charge in [-0.25, -0.2) is 14.8 Å². The van der Waals surface area contributed by atoms with Gasteiger partial charge in [-0.1, -0.05) is 35.1 Å². The molecule has 1 aromatic carbocycles. The monoisotopic (exact) mass is 483 g/mol. The molecule has 1 fully saturated rings. The summed E-state index contributed by atoms with van der Waals surface area (Å²) in [5.41, 5.74) is 1.74. The van der Waals surface area contributed by atoms with Crippen molar-refractivity contribution in [2.24, 2.45) is 0 Å². The molecular formula is C23H22ClN5O3S. The van der Waals surface area contributed by atoms with Crippen molar-refractivity contribution in [2.75, 3.05) is 31.6 Å². The predicted octanol–water partition coefficient (Wildman–Crippen LogP) is 4.49. The molecule has 0 unspecified atom stereocenters. The summed E-state index contributed by atoms with van der Waals surface area (Å²) in [6, 6.07) is 12.4. The second-order valence-corrected chi connectivity index (χ2v) is 9.43. The molecule has 4 rings (SSSR count). The van der Waals surface area contributed by atoms with Gasteiger partial charge in [0.1, 0.15) is 10.8 Å². The van der Waals surface area contributed by atoms with Crippen LogP contribution in [0, 0.1) is 11.3 Å². The first-order valence-corrected chi connectivity index (χ1v) is 11.5. The van der Waals surface area contributed by atoms with E-state index in [9.17, 15) is 15.2 Å².